The fourth-order valence-corrected chi connectivity index (χ4v) is 1.74. The predicted molar refractivity (Wildman–Crippen MR) is 74.1 cm³/mol. The van der Waals surface area contributed by atoms with Gasteiger partial charge in [-0.2, -0.15) is 0 Å². The number of rotatable bonds is 5. The van der Waals surface area contributed by atoms with E-state index >= 15 is 0 Å². The van der Waals surface area contributed by atoms with Gasteiger partial charge in [-0.25, -0.2) is 4.79 Å². The van der Waals surface area contributed by atoms with Crippen LogP contribution in [0.3, 0.4) is 0 Å². The summed E-state index contributed by atoms with van der Waals surface area (Å²) in [6.45, 7) is -0.197. The molecule has 0 radical (unpaired) electrons. The molecule has 5 heteroatoms. The first kappa shape index (κ1) is 13.6. The number of hydrogen-bond donors (Lipinski definition) is 2. The molecule has 0 aromatic heterocycles. The van der Waals surface area contributed by atoms with Gasteiger partial charge in [-0.05, 0) is 24.3 Å². The standard InChI is InChI=1S/C15H13NO4/c16-14-11(7-4-8-12(14)15(18)19)13(17)9-20-10-5-2-1-3-6-10/h1-8H,9,16H2,(H,18,19). The highest BCUT2D eigenvalue weighted by molar-refractivity contribution is 6.06. The molecular formula is C15H13NO4. The van der Waals surface area contributed by atoms with Gasteiger partial charge >= 0.3 is 5.97 Å². The minimum Gasteiger partial charge on any atom is -0.485 e. The molecule has 0 aliphatic heterocycles. The number of anilines is 1. The van der Waals surface area contributed by atoms with Crippen LogP contribution in [0.2, 0.25) is 0 Å². The van der Waals surface area contributed by atoms with Crippen LogP contribution in [0.4, 0.5) is 5.69 Å². The molecule has 5 nitrogen and oxygen atoms in total. The van der Waals surface area contributed by atoms with E-state index in [2.05, 4.69) is 0 Å². The first-order valence-corrected chi connectivity index (χ1v) is 5.92. The van der Waals surface area contributed by atoms with Gasteiger partial charge in [0.05, 0.1) is 11.3 Å². The Morgan fingerprint density at radius 3 is 2.30 bits per heavy atom. The summed E-state index contributed by atoms with van der Waals surface area (Å²) >= 11 is 0. The summed E-state index contributed by atoms with van der Waals surface area (Å²) in [7, 11) is 0. The van der Waals surface area contributed by atoms with E-state index in [1.165, 1.54) is 18.2 Å². The summed E-state index contributed by atoms with van der Waals surface area (Å²) in [5, 5.41) is 8.96. The highest BCUT2D eigenvalue weighted by atomic mass is 16.5. The Bertz CT molecular complexity index is 638. The van der Waals surface area contributed by atoms with Gasteiger partial charge in [0, 0.05) is 5.56 Å². The van der Waals surface area contributed by atoms with E-state index in [-0.39, 0.29) is 29.2 Å². The molecule has 0 saturated heterocycles. The Kier molecular flexibility index (Phi) is 4.00. The number of aromatic carboxylic acids is 1. The molecule has 102 valence electrons. The normalized spacial score (nSPS) is 10.0. The van der Waals surface area contributed by atoms with Crippen molar-refractivity contribution in [3.8, 4) is 5.75 Å². The topological polar surface area (TPSA) is 89.6 Å². The molecule has 0 aliphatic carbocycles. The Morgan fingerprint density at radius 1 is 1.00 bits per heavy atom. The maximum Gasteiger partial charge on any atom is 0.337 e. The van der Waals surface area contributed by atoms with Crippen LogP contribution in [0.1, 0.15) is 20.7 Å². The number of carbonyl (C=O) groups is 2. The Balaban J connectivity index is 2.14. The van der Waals surface area contributed by atoms with Crippen molar-refractivity contribution in [2.45, 2.75) is 0 Å². The molecule has 0 spiro atoms. The Hall–Kier alpha value is -2.82. The lowest BCUT2D eigenvalue weighted by Crippen LogP contribution is -2.15. The first-order valence-electron chi connectivity index (χ1n) is 5.92. The second kappa shape index (κ2) is 5.88. The van der Waals surface area contributed by atoms with Gasteiger partial charge in [-0.15, -0.1) is 0 Å². The lowest BCUT2D eigenvalue weighted by molar-refractivity contribution is 0.0698. The number of carboxylic acid groups (broad SMARTS) is 1. The van der Waals surface area contributed by atoms with E-state index in [4.69, 9.17) is 15.6 Å². The van der Waals surface area contributed by atoms with Gasteiger partial charge in [0.2, 0.25) is 5.78 Å². The first-order chi connectivity index (χ1) is 9.59. The van der Waals surface area contributed by atoms with Crippen LogP contribution in [-0.2, 0) is 0 Å². The van der Waals surface area contributed by atoms with Crippen molar-refractivity contribution >= 4 is 17.4 Å². The maximum absolute atomic E-state index is 12.0. The average molecular weight is 271 g/mol. The van der Waals surface area contributed by atoms with Crippen molar-refractivity contribution in [2.24, 2.45) is 0 Å². The highest BCUT2D eigenvalue weighted by Crippen LogP contribution is 2.19. The van der Waals surface area contributed by atoms with Crippen LogP contribution in [0.5, 0.6) is 5.75 Å². The van der Waals surface area contributed by atoms with Crippen LogP contribution < -0.4 is 10.5 Å². The molecule has 2 aromatic carbocycles. The number of nitrogen functional groups attached to an aromatic ring is 1. The van der Waals surface area contributed by atoms with Gasteiger partial charge < -0.3 is 15.6 Å². The minimum atomic E-state index is -1.17. The summed E-state index contributed by atoms with van der Waals surface area (Å²) in [4.78, 5) is 23.0. The third-order valence-electron chi connectivity index (χ3n) is 2.75. The number of hydrogen-bond acceptors (Lipinski definition) is 4. The molecule has 20 heavy (non-hydrogen) atoms. The van der Waals surface area contributed by atoms with Crippen LogP contribution in [0.15, 0.2) is 48.5 Å². The van der Waals surface area contributed by atoms with Crippen LogP contribution in [0.25, 0.3) is 0 Å². The van der Waals surface area contributed by atoms with Gasteiger partial charge in [-0.1, -0.05) is 24.3 Å². The molecule has 0 aliphatic rings. The Morgan fingerprint density at radius 2 is 1.65 bits per heavy atom. The van der Waals surface area contributed by atoms with Gasteiger partial charge in [0.1, 0.15) is 5.75 Å². The maximum atomic E-state index is 12.0. The summed E-state index contributed by atoms with van der Waals surface area (Å²) < 4.78 is 5.33. The van der Waals surface area contributed by atoms with Crippen LogP contribution in [-0.4, -0.2) is 23.5 Å². The number of ketones is 1. The largest absolute Gasteiger partial charge is 0.485 e. The molecule has 0 amide bonds. The van der Waals surface area contributed by atoms with Crippen molar-refractivity contribution in [1.29, 1.82) is 0 Å². The molecular weight excluding hydrogens is 258 g/mol. The minimum absolute atomic E-state index is 0.0401. The monoisotopic (exact) mass is 271 g/mol. The molecule has 0 unspecified atom stereocenters. The van der Waals surface area contributed by atoms with Crippen LogP contribution >= 0.6 is 0 Å². The van der Waals surface area contributed by atoms with E-state index in [9.17, 15) is 9.59 Å². The quantitative estimate of drug-likeness (QED) is 0.643. The summed E-state index contributed by atoms with van der Waals surface area (Å²) in [5.41, 5.74) is 5.72. The van der Waals surface area contributed by atoms with E-state index < -0.39 is 5.97 Å². The number of carbonyl (C=O) groups excluding carboxylic acids is 1. The second-order valence-electron chi connectivity index (χ2n) is 4.10. The summed E-state index contributed by atoms with van der Waals surface area (Å²) in [6.07, 6.45) is 0. The molecule has 0 saturated carbocycles. The highest BCUT2D eigenvalue weighted by Gasteiger charge is 2.16. The lowest BCUT2D eigenvalue weighted by atomic mass is 10.0. The van der Waals surface area contributed by atoms with E-state index in [0.717, 1.165) is 0 Å². The van der Waals surface area contributed by atoms with E-state index in [1.807, 2.05) is 6.07 Å². The number of benzene rings is 2. The van der Waals surface area contributed by atoms with Crippen molar-refractivity contribution in [1.82, 2.24) is 0 Å². The molecule has 0 fully saturated rings. The van der Waals surface area contributed by atoms with E-state index in [0.29, 0.717) is 5.75 Å². The lowest BCUT2D eigenvalue weighted by Gasteiger charge is -2.09. The fourth-order valence-electron chi connectivity index (χ4n) is 1.74. The molecule has 0 heterocycles. The van der Waals surface area contributed by atoms with Crippen molar-refractivity contribution in [2.75, 3.05) is 12.3 Å². The zero-order valence-corrected chi connectivity index (χ0v) is 10.6. The second-order valence-corrected chi connectivity index (χ2v) is 4.10. The Labute approximate surface area is 115 Å². The van der Waals surface area contributed by atoms with Gasteiger partial charge in [0.15, 0.2) is 6.61 Å². The zero-order valence-electron chi connectivity index (χ0n) is 10.6. The van der Waals surface area contributed by atoms with Gasteiger partial charge in [-0.3, -0.25) is 4.79 Å². The average Bonchev–Trinajstić information content (AvgIpc) is 2.46. The molecule has 0 atom stereocenters. The van der Waals surface area contributed by atoms with Gasteiger partial charge in [0.25, 0.3) is 0 Å². The van der Waals surface area contributed by atoms with Crippen molar-refractivity contribution in [3.05, 3.63) is 59.7 Å². The number of nitrogens with two attached hydrogens (primary N) is 1. The number of para-hydroxylation sites is 2. The number of carboxylic acids is 1. The molecule has 2 aromatic rings. The number of Topliss-reactive ketones (excluding diaryl/α,β-unsaturated/α-hetero) is 1. The third-order valence-corrected chi connectivity index (χ3v) is 2.75. The summed E-state index contributed by atoms with van der Waals surface area (Å²) in [6, 6.07) is 13.2. The molecule has 0 bridgehead atoms. The smallest absolute Gasteiger partial charge is 0.337 e. The predicted octanol–water partition coefficient (Wildman–Crippen LogP) is 2.23. The van der Waals surface area contributed by atoms with Crippen molar-refractivity contribution in [3.63, 3.8) is 0 Å². The summed E-state index contributed by atoms with van der Waals surface area (Å²) in [5.74, 6) is -0.968. The number of ether oxygens (including phenoxy) is 1. The molecule has 2 rings (SSSR count). The SMILES string of the molecule is Nc1c(C(=O)O)cccc1C(=O)COc1ccccc1. The van der Waals surface area contributed by atoms with Crippen LogP contribution in [0, 0.1) is 0 Å². The van der Waals surface area contributed by atoms with E-state index in [1.54, 1.807) is 24.3 Å². The fraction of sp³-hybridized carbons (Fsp3) is 0.0667. The van der Waals surface area contributed by atoms with Crippen molar-refractivity contribution < 1.29 is 19.4 Å². The third kappa shape index (κ3) is 2.95. The zero-order chi connectivity index (χ0) is 14.5. The molecule has 3 N–H and O–H groups in total.